The summed E-state index contributed by atoms with van der Waals surface area (Å²) >= 11 is 1.61. The van der Waals surface area contributed by atoms with Gasteiger partial charge in [-0.3, -0.25) is 9.69 Å². The first-order valence-electron chi connectivity index (χ1n) is 12.4. The van der Waals surface area contributed by atoms with Crippen LogP contribution in [-0.2, 0) is 6.42 Å². The molecule has 0 aliphatic carbocycles. The van der Waals surface area contributed by atoms with Gasteiger partial charge in [0.15, 0.2) is 0 Å². The minimum absolute atomic E-state index is 0.131. The topological polar surface area (TPSA) is 35.6 Å². The van der Waals surface area contributed by atoms with Gasteiger partial charge in [-0.2, -0.15) is 0 Å². The van der Waals surface area contributed by atoms with Crippen LogP contribution in [0.25, 0.3) is 0 Å². The van der Waals surface area contributed by atoms with Crippen molar-refractivity contribution < 1.29 is 9.18 Å². The van der Waals surface area contributed by atoms with Crippen LogP contribution in [0.3, 0.4) is 0 Å². The van der Waals surface area contributed by atoms with Crippen LogP contribution >= 0.6 is 11.3 Å². The third-order valence-electron chi connectivity index (χ3n) is 6.68. The lowest BCUT2D eigenvalue weighted by Gasteiger charge is -2.40. The zero-order valence-electron chi connectivity index (χ0n) is 20.4. The van der Waals surface area contributed by atoms with Crippen molar-refractivity contribution in [2.24, 2.45) is 0 Å². The van der Waals surface area contributed by atoms with Crippen LogP contribution in [0.1, 0.15) is 39.3 Å². The van der Waals surface area contributed by atoms with Crippen LogP contribution in [0.15, 0.2) is 91.0 Å². The van der Waals surface area contributed by atoms with Gasteiger partial charge in [-0.25, -0.2) is 4.39 Å². The Morgan fingerprint density at radius 3 is 2.28 bits per heavy atom. The number of nitrogens with one attached hydrogen (secondary N) is 1. The highest BCUT2D eigenvalue weighted by molar-refractivity contribution is 7.16. The summed E-state index contributed by atoms with van der Waals surface area (Å²) in [5, 5.41) is 4.00. The number of carbonyl (C=O) groups excluding carboxylic acids is 1. The van der Waals surface area contributed by atoms with E-state index in [4.69, 9.17) is 0 Å². The van der Waals surface area contributed by atoms with E-state index in [9.17, 15) is 9.18 Å². The summed E-state index contributed by atoms with van der Waals surface area (Å²) in [7, 11) is 0. The summed E-state index contributed by atoms with van der Waals surface area (Å²) in [6, 6.07) is 28.6. The van der Waals surface area contributed by atoms with Gasteiger partial charge < -0.3 is 10.2 Å². The van der Waals surface area contributed by atoms with Gasteiger partial charge in [0.25, 0.3) is 5.91 Å². The molecule has 4 nitrogen and oxygen atoms in total. The Morgan fingerprint density at radius 1 is 0.917 bits per heavy atom. The molecule has 1 aliphatic heterocycles. The Balaban J connectivity index is 1.47. The number of aryl methyl sites for hydroxylation is 1. The van der Waals surface area contributed by atoms with Gasteiger partial charge in [0.2, 0.25) is 0 Å². The maximum atomic E-state index is 14.4. The second kappa shape index (κ2) is 11.1. The van der Waals surface area contributed by atoms with Crippen molar-refractivity contribution in [3.8, 4) is 0 Å². The summed E-state index contributed by atoms with van der Waals surface area (Å²) in [4.78, 5) is 19.1. The molecule has 3 aromatic carbocycles. The van der Waals surface area contributed by atoms with E-state index in [1.54, 1.807) is 23.5 Å². The maximum absolute atomic E-state index is 14.4. The van der Waals surface area contributed by atoms with Gasteiger partial charge in [-0.05, 0) is 54.4 Å². The number of rotatable bonds is 7. The first kappa shape index (κ1) is 24.2. The minimum Gasteiger partial charge on any atom is -0.369 e. The number of para-hydroxylation sites is 1. The highest BCUT2D eigenvalue weighted by Crippen LogP contribution is 2.40. The Bertz CT molecular complexity index is 1300. The quantitative estimate of drug-likeness (QED) is 0.311. The number of hydrogen-bond donors (Lipinski definition) is 1. The molecule has 1 atom stereocenters. The van der Waals surface area contributed by atoms with Crippen molar-refractivity contribution in [3.63, 3.8) is 0 Å². The summed E-state index contributed by atoms with van der Waals surface area (Å²) in [5.41, 5.74) is 3.77. The molecule has 1 N–H and O–H groups in total. The fourth-order valence-corrected chi connectivity index (χ4v) is 5.86. The molecule has 6 heteroatoms. The standard InChI is InChI=1S/C30H30FN3OS/c1-2-26-21-27(30(36-26)32-29(35)22-10-5-3-6-11-22)28(23-12-9-13-24(31)20-23)34-18-16-33(17-19-34)25-14-7-4-8-15-25/h3-15,20-21,28H,2,16-19H2,1H3,(H,32,35). The highest BCUT2D eigenvalue weighted by atomic mass is 32.1. The molecule has 184 valence electrons. The number of piperazine rings is 1. The van der Waals surface area contributed by atoms with E-state index < -0.39 is 0 Å². The van der Waals surface area contributed by atoms with Crippen LogP contribution in [0.4, 0.5) is 15.1 Å². The summed E-state index contributed by atoms with van der Waals surface area (Å²) < 4.78 is 14.4. The molecule has 1 amide bonds. The fourth-order valence-electron chi connectivity index (χ4n) is 4.84. The molecule has 0 radical (unpaired) electrons. The van der Waals surface area contributed by atoms with E-state index in [-0.39, 0.29) is 17.8 Å². The van der Waals surface area contributed by atoms with Crippen LogP contribution < -0.4 is 10.2 Å². The third kappa shape index (κ3) is 5.35. The number of thiophene rings is 1. The van der Waals surface area contributed by atoms with E-state index >= 15 is 0 Å². The van der Waals surface area contributed by atoms with Gasteiger partial charge >= 0.3 is 0 Å². The van der Waals surface area contributed by atoms with E-state index in [0.717, 1.165) is 48.7 Å². The van der Waals surface area contributed by atoms with Gasteiger partial charge in [0, 0.05) is 47.9 Å². The van der Waals surface area contributed by atoms with E-state index in [1.165, 1.54) is 16.6 Å². The summed E-state index contributed by atoms with van der Waals surface area (Å²) in [6.07, 6.45) is 0.872. The molecular weight excluding hydrogens is 469 g/mol. The SMILES string of the molecule is CCc1cc(C(c2cccc(F)c2)N2CCN(c3ccccc3)CC2)c(NC(=O)c2ccccc2)s1. The number of benzene rings is 3. The van der Waals surface area contributed by atoms with Crippen molar-refractivity contribution in [1.29, 1.82) is 0 Å². The lowest BCUT2D eigenvalue weighted by Crippen LogP contribution is -2.48. The number of amides is 1. The van der Waals surface area contributed by atoms with Crippen LogP contribution in [0.2, 0.25) is 0 Å². The number of anilines is 2. The lowest BCUT2D eigenvalue weighted by molar-refractivity contribution is 0.102. The van der Waals surface area contributed by atoms with Crippen LogP contribution in [-0.4, -0.2) is 37.0 Å². The second-order valence-corrected chi connectivity index (χ2v) is 10.1. The Hall–Kier alpha value is -3.48. The normalized spacial score (nSPS) is 15.0. The molecule has 36 heavy (non-hydrogen) atoms. The Kier molecular flexibility index (Phi) is 7.44. The summed E-state index contributed by atoms with van der Waals surface area (Å²) in [6.45, 7) is 5.55. The van der Waals surface area contributed by atoms with Gasteiger partial charge in [0.05, 0.1) is 6.04 Å². The Morgan fingerprint density at radius 2 is 1.61 bits per heavy atom. The molecule has 1 unspecified atom stereocenters. The lowest BCUT2D eigenvalue weighted by atomic mass is 9.97. The molecule has 0 saturated carbocycles. The van der Waals surface area contributed by atoms with E-state index in [2.05, 4.69) is 52.4 Å². The maximum Gasteiger partial charge on any atom is 0.256 e. The Labute approximate surface area is 216 Å². The number of hydrogen-bond acceptors (Lipinski definition) is 4. The molecule has 1 fully saturated rings. The molecule has 0 bridgehead atoms. The smallest absolute Gasteiger partial charge is 0.256 e. The predicted molar refractivity (Wildman–Crippen MR) is 147 cm³/mol. The first-order chi connectivity index (χ1) is 17.6. The highest BCUT2D eigenvalue weighted by Gasteiger charge is 2.30. The third-order valence-corrected chi connectivity index (χ3v) is 7.89. The van der Waals surface area contributed by atoms with Crippen molar-refractivity contribution in [2.45, 2.75) is 19.4 Å². The van der Waals surface area contributed by atoms with Crippen LogP contribution in [0, 0.1) is 5.82 Å². The van der Waals surface area contributed by atoms with E-state index in [1.807, 2.05) is 42.5 Å². The second-order valence-electron chi connectivity index (χ2n) is 8.99. The minimum atomic E-state index is -0.249. The molecule has 1 aliphatic rings. The first-order valence-corrected chi connectivity index (χ1v) is 13.2. The zero-order chi connectivity index (χ0) is 24.9. The van der Waals surface area contributed by atoms with Gasteiger partial charge in [-0.15, -0.1) is 11.3 Å². The van der Waals surface area contributed by atoms with Crippen molar-refractivity contribution >= 4 is 27.9 Å². The largest absolute Gasteiger partial charge is 0.369 e. The number of carbonyl (C=O) groups is 1. The van der Waals surface area contributed by atoms with Crippen LogP contribution in [0.5, 0.6) is 0 Å². The monoisotopic (exact) mass is 499 g/mol. The molecular formula is C30H30FN3OS. The number of halogens is 1. The zero-order valence-corrected chi connectivity index (χ0v) is 21.2. The predicted octanol–water partition coefficient (Wildman–Crippen LogP) is 6.61. The van der Waals surface area contributed by atoms with Gasteiger partial charge in [-0.1, -0.05) is 55.5 Å². The molecule has 2 heterocycles. The molecule has 4 aromatic rings. The molecule has 5 rings (SSSR count). The van der Waals surface area contributed by atoms with Crippen molar-refractivity contribution in [1.82, 2.24) is 4.90 Å². The van der Waals surface area contributed by atoms with Crippen molar-refractivity contribution in [3.05, 3.63) is 118 Å². The average molecular weight is 500 g/mol. The van der Waals surface area contributed by atoms with E-state index in [0.29, 0.717) is 5.56 Å². The number of nitrogens with zero attached hydrogens (tertiary/aromatic N) is 2. The molecule has 1 aromatic heterocycles. The molecule has 1 saturated heterocycles. The average Bonchev–Trinajstić information content (AvgIpc) is 3.32. The fraction of sp³-hybridized carbons (Fsp3) is 0.233. The molecule has 0 spiro atoms. The van der Waals surface area contributed by atoms with Crippen molar-refractivity contribution in [2.75, 3.05) is 36.4 Å². The summed E-state index contributed by atoms with van der Waals surface area (Å²) in [5.74, 6) is -0.380. The van der Waals surface area contributed by atoms with Gasteiger partial charge in [0.1, 0.15) is 10.8 Å².